The fraction of sp³-hybridized carbons (Fsp3) is 0.500. The maximum Gasteiger partial charge on any atom is 0.314 e. The summed E-state index contributed by atoms with van der Waals surface area (Å²) in [4.78, 5) is 11.8. The van der Waals surface area contributed by atoms with Crippen molar-refractivity contribution < 1.29 is 19.4 Å². The van der Waals surface area contributed by atoms with E-state index in [4.69, 9.17) is 9.47 Å². The van der Waals surface area contributed by atoms with Crippen LogP contribution in [0.4, 0.5) is 0 Å². The van der Waals surface area contributed by atoms with Gasteiger partial charge in [0.1, 0.15) is 5.75 Å². The van der Waals surface area contributed by atoms with Crippen LogP contribution in [0, 0.1) is 0 Å². The van der Waals surface area contributed by atoms with Gasteiger partial charge in [-0.3, -0.25) is 4.79 Å². The van der Waals surface area contributed by atoms with Crippen LogP contribution in [-0.2, 0) is 21.6 Å². The van der Waals surface area contributed by atoms with E-state index in [1.165, 1.54) is 0 Å². The van der Waals surface area contributed by atoms with Gasteiger partial charge in [-0.1, -0.05) is 28.8 Å². The second-order valence-corrected chi connectivity index (χ2v) is 6.06. The molecule has 0 unspecified atom stereocenters. The Balaban J connectivity index is 2.18. The number of halogens is 1. The SMILES string of the molecule is O=C(O)C1(c2cc(Br)cc3c2OCOC3)CCCC1. The lowest BCUT2D eigenvalue weighted by atomic mass is 9.77. The molecule has 0 amide bonds. The predicted molar refractivity (Wildman–Crippen MR) is 72.2 cm³/mol. The molecule has 0 radical (unpaired) electrons. The highest BCUT2D eigenvalue weighted by Crippen LogP contribution is 2.47. The summed E-state index contributed by atoms with van der Waals surface area (Å²) in [6.07, 6.45) is 3.25. The number of fused-ring (bicyclic) bond motifs is 1. The second-order valence-electron chi connectivity index (χ2n) is 5.15. The third-order valence-corrected chi connectivity index (χ3v) is 4.51. The average Bonchev–Trinajstić information content (AvgIpc) is 2.88. The summed E-state index contributed by atoms with van der Waals surface area (Å²) in [7, 11) is 0. The molecule has 0 atom stereocenters. The zero-order valence-electron chi connectivity index (χ0n) is 10.4. The fourth-order valence-electron chi connectivity index (χ4n) is 3.11. The first-order valence-electron chi connectivity index (χ1n) is 6.40. The van der Waals surface area contributed by atoms with E-state index in [0.29, 0.717) is 25.2 Å². The van der Waals surface area contributed by atoms with E-state index in [1.54, 1.807) is 0 Å². The van der Waals surface area contributed by atoms with Gasteiger partial charge in [0, 0.05) is 15.6 Å². The summed E-state index contributed by atoms with van der Waals surface area (Å²) < 4.78 is 11.7. The second kappa shape index (κ2) is 4.80. The summed E-state index contributed by atoms with van der Waals surface area (Å²) in [5, 5.41) is 9.71. The number of hydrogen-bond acceptors (Lipinski definition) is 3. The molecule has 0 saturated heterocycles. The largest absolute Gasteiger partial charge is 0.481 e. The minimum Gasteiger partial charge on any atom is -0.481 e. The zero-order chi connectivity index (χ0) is 13.5. The Morgan fingerprint density at radius 2 is 2.05 bits per heavy atom. The normalized spacial score (nSPS) is 20.7. The van der Waals surface area contributed by atoms with Gasteiger partial charge in [-0.15, -0.1) is 0 Å². The molecule has 102 valence electrons. The lowest BCUT2D eigenvalue weighted by molar-refractivity contribution is -0.143. The van der Waals surface area contributed by atoms with Crippen molar-refractivity contribution in [2.24, 2.45) is 0 Å². The maximum absolute atomic E-state index is 11.8. The van der Waals surface area contributed by atoms with Crippen molar-refractivity contribution in [1.82, 2.24) is 0 Å². The average molecular weight is 327 g/mol. The predicted octanol–water partition coefficient (Wildman–Crippen LogP) is 3.21. The van der Waals surface area contributed by atoms with E-state index < -0.39 is 11.4 Å². The van der Waals surface area contributed by atoms with E-state index in [-0.39, 0.29) is 6.79 Å². The first-order valence-corrected chi connectivity index (χ1v) is 7.20. The van der Waals surface area contributed by atoms with Crippen molar-refractivity contribution >= 4 is 21.9 Å². The molecule has 0 spiro atoms. The molecule has 1 fully saturated rings. The summed E-state index contributed by atoms with van der Waals surface area (Å²) in [6.45, 7) is 0.662. The smallest absolute Gasteiger partial charge is 0.314 e. The Morgan fingerprint density at radius 1 is 1.32 bits per heavy atom. The van der Waals surface area contributed by atoms with Gasteiger partial charge in [-0.2, -0.15) is 0 Å². The first-order chi connectivity index (χ1) is 9.13. The topological polar surface area (TPSA) is 55.8 Å². The van der Waals surface area contributed by atoms with E-state index in [1.807, 2.05) is 12.1 Å². The Hall–Kier alpha value is -1.07. The van der Waals surface area contributed by atoms with E-state index in [2.05, 4.69) is 15.9 Å². The maximum atomic E-state index is 11.8. The van der Waals surface area contributed by atoms with Gasteiger partial charge < -0.3 is 14.6 Å². The summed E-state index contributed by atoms with van der Waals surface area (Å²) in [6, 6.07) is 3.83. The van der Waals surface area contributed by atoms with Gasteiger partial charge in [0.2, 0.25) is 0 Å². The molecule has 1 N–H and O–H groups in total. The first kappa shape index (κ1) is 12.9. The number of carbonyl (C=O) groups is 1. The van der Waals surface area contributed by atoms with Crippen molar-refractivity contribution in [2.45, 2.75) is 37.7 Å². The number of ether oxygens (including phenoxy) is 2. The van der Waals surface area contributed by atoms with Gasteiger partial charge in [0.05, 0.1) is 12.0 Å². The minimum atomic E-state index is -0.800. The Bertz CT molecular complexity index is 520. The minimum absolute atomic E-state index is 0.192. The van der Waals surface area contributed by atoms with Crippen LogP contribution < -0.4 is 4.74 Å². The van der Waals surface area contributed by atoms with Crippen molar-refractivity contribution in [2.75, 3.05) is 6.79 Å². The van der Waals surface area contributed by atoms with Crippen molar-refractivity contribution in [1.29, 1.82) is 0 Å². The number of aliphatic carboxylic acids is 1. The van der Waals surface area contributed by atoms with Gasteiger partial charge in [-0.05, 0) is 25.0 Å². The van der Waals surface area contributed by atoms with Crippen molar-refractivity contribution in [3.05, 3.63) is 27.7 Å². The molecular weight excluding hydrogens is 312 g/mol. The number of carboxylic acids is 1. The lowest BCUT2D eigenvalue weighted by Gasteiger charge is -2.30. The molecule has 2 aliphatic rings. The molecule has 1 aromatic rings. The monoisotopic (exact) mass is 326 g/mol. The molecule has 1 heterocycles. The molecule has 1 saturated carbocycles. The third-order valence-electron chi connectivity index (χ3n) is 4.06. The molecule has 0 bridgehead atoms. The van der Waals surface area contributed by atoms with E-state index in [0.717, 1.165) is 28.4 Å². The van der Waals surface area contributed by atoms with Crippen molar-refractivity contribution in [3.8, 4) is 5.75 Å². The number of benzene rings is 1. The standard InChI is InChI=1S/C14H15BrO4/c15-10-5-9-7-18-8-19-12(9)11(6-10)14(13(16)17)3-1-2-4-14/h5-6H,1-4,7-8H2,(H,16,17). The van der Waals surface area contributed by atoms with Crippen LogP contribution in [0.15, 0.2) is 16.6 Å². The zero-order valence-corrected chi connectivity index (χ0v) is 12.0. The lowest BCUT2D eigenvalue weighted by Crippen LogP contribution is -2.34. The molecular formula is C14H15BrO4. The van der Waals surface area contributed by atoms with Crippen LogP contribution in [0.3, 0.4) is 0 Å². The number of rotatable bonds is 2. The van der Waals surface area contributed by atoms with Crippen LogP contribution in [0.5, 0.6) is 5.75 Å². The quantitative estimate of drug-likeness (QED) is 0.906. The van der Waals surface area contributed by atoms with Crippen LogP contribution in [0.2, 0.25) is 0 Å². The Labute approximate surface area is 119 Å². The molecule has 5 heteroatoms. The van der Waals surface area contributed by atoms with E-state index >= 15 is 0 Å². The van der Waals surface area contributed by atoms with Gasteiger partial charge in [0.15, 0.2) is 6.79 Å². The highest BCUT2D eigenvalue weighted by atomic mass is 79.9. The van der Waals surface area contributed by atoms with Crippen LogP contribution >= 0.6 is 15.9 Å². The Morgan fingerprint density at radius 3 is 2.74 bits per heavy atom. The molecule has 3 rings (SSSR count). The third kappa shape index (κ3) is 2.05. The number of hydrogen-bond donors (Lipinski definition) is 1. The summed E-state index contributed by atoms with van der Waals surface area (Å²) >= 11 is 3.46. The van der Waals surface area contributed by atoms with Crippen LogP contribution in [-0.4, -0.2) is 17.9 Å². The molecule has 19 heavy (non-hydrogen) atoms. The molecule has 1 aromatic carbocycles. The highest BCUT2D eigenvalue weighted by Gasteiger charge is 2.45. The molecule has 4 nitrogen and oxygen atoms in total. The van der Waals surface area contributed by atoms with Gasteiger partial charge in [0.25, 0.3) is 0 Å². The highest BCUT2D eigenvalue weighted by molar-refractivity contribution is 9.10. The summed E-state index contributed by atoms with van der Waals surface area (Å²) in [5.74, 6) is -0.0425. The molecule has 0 aromatic heterocycles. The Kier molecular flexibility index (Phi) is 3.27. The van der Waals surface area contributed by atoms with E-state index in [9.17, 15) is 9.90 Å². The van der Waals surface area contributed by atoms with Crippen LogP contribution in [0.25, 0.3) is 0 Å². The fourth-order valence-corrected chi connectivity index (χ4v) is 3.62. The molecule has 1 aliphatic carbocycles. The number of carboxylic acid groups (broad SMARTS) is 1. The molecule has 1 aliphatic heterocycles. The summed E-state index contributed by atoms with van der Waals surface area (Å²) in [5.41, 5.74) is 0.916. The van der Waals surface area contributed by atoms with Crippen LogP contribution in [0.1, 0.15) is 36.8 Å². The van der Waals surface area contributed by atoms with Gasteiger partial charge >= 0.3 is 5.97 Å². The van der Waals surface area contributed by atoms with Crippen molar-refractivity contribution in [3.63, 3.8) is 0 Å². The van der Waals surface area contributed by atoms with Gasteiger partial charge in [-0.25, -0.2) is 0 Å².